The third-order valence-corrected chi connectivity index (χ3v) is 14.5. The lowest BCUT2D eigenvalue weighted by Crippen LogP contribution is -2.50. The molecule has 7 heteroatoms. The highest BCUT2D eigenvalue weighted by Crippen LogP contribution is 2.58. The van der Waals surface area contributed by atoms with E-state index in [1.807, 2.05) is 0 Å². The first kappa shape index (κ1) is 25.4. The summed E-state index contributed by atoms with van der Waals surface area (Å²) in [6.45, 7) is 18.1. The molecule has 0 N–H and O–H groups in total. The minimum Gasteiger partial charge on any atom is -0.470 e. The fourth-order valence-electron chi connectivity index (χ4n) is 5.58. The Morgan fingerprint density at radius 1 is 1.23 bits per heavy atom. The molecule has 1 heterocycles. The van der Waals surface area contributed by atoms with E-state index in [1.54, 1.807) is 0 Å². The van der Waals surface area contributed by atoms with Crippen LogP contribution in [0.1, 0.15) is 80.8 Å². The zero-order valence-electron chi connectivity index (χ0n) is 22.2. The van der Waals surface area contributed by atoms with Crippen molar-refractivity contribution in [2.45, 2.75) is 85.0 Å². The number of hydrogen-bond acceptors (Lipinski definition) is 5. The summed E-state index contributed by atoms with van der Waals surface area (Å²) in [7, 11) is -1.97. The highest BCUT2D eigenvalue weighted by molar-refractivity contribution is 6.91. The molecule has 188 valence electrons. The second-order valence-corrected chi connectivity index (χ2v) is 17.2. The van der Waals surface area contributed by atoms with Gasteiger partial charge in [0.05, 0.1) is 15.9 Å². The standard InChI is InChI=1S/C28H37NO5Si/c1-17-10-9-11-20-16-22-23(18(2)26(33-22)35(7,8)27(3,4)5)24(28(17,20)6)34-25(30)19-12-14-21(15-13-19)29(31)32/h11-15,17,24H,9-10,16H2,1-8H3/t17-,24+,28+/m1/s1. The van der Waals surface area contributed by atoms with E-state index in [-0.39, 0.29) is 16.1 Å². The summed E-state index contributed by atoms with van der Waals surface area (Å²) in [5.41, 5.74) is 3.34. The van der Waals surface area contributed by atoms with Crippen LogP contribution in [-0.2, 0) is 11.2 Å². The monoisotopic (exact) mass is 495 g/mol. The molecule has 0 spiro atoms. The molecule has 6 nitrogen and oxygen atoms in total. The van der Waals surface area contributed by atoms with Crippen molar-refractivity contribution in [3.8, 4) is 0 Å². The van der Waals surface area contributed by atoms with Gasteiger partial charge in [-0.15, -0.1) is 0 Å². The van der Waals surface area contributed by atoms with Gasteiger partial charge in [0.2, 0.25) is 0 Å². The molecular weight excluding hydrogens is 458 g/mol. The van der Waals surface area contributed by atoms with Crippen molar-refractivity contribution in [1.82, 2.24) is 0 Å². The largest absolute Gasteiger partial charge is 0.470 e. The number of hydrogen-bond donors (Lipinski definition) is 0. The number of fused-ring (bicyclic) bond motifs is 2. The maximum Gasteiger partial charge on any atom is 0.338 e. The van der Waals surface area contributed by atoms with E-state index < -0.39 is 25.1 Å². The number of nitrogens with zero attached hydrogens (tertiary/aromatic N) is 1. The van der Waals surface area contributed by atoms with E-state index in [2.05, 4.69) is 60.7 Å². The van der Waals surface area contributed by atoms with E-state index in [0.29, 0.717) is 11.5 Å². The number of carbonyl (C=O) groups is 1. The Hall–Kier alpha value is -2.67. The zero-order chi connectivity index (χ0) is 25.9. The van der Waals surface area contributed by atoms with E-state index in [0.717, 1.165) is 41.5 Å². The number of esters is 1. The topological polar surface area (TPSA) is 82.6 Å². The molecule has 4 rings (SSSR count). The number of allylic oxidation sites excluding steroid dienone is 1. The predicted octanol–water partition coefficient (Wildman–Crippen LogP) is 7.03. The normalized spacial score (nSPS) is 24.3. The van der Waals surface area contributed by atoms with E-state index in [9.17, 15) is 14.9 Å². The molecule has 3 atom stereocenters. The van der Waals surface area contributed by atoms with Crippen LogP contribution >= 0.6 is 0 Å². The summed E-state index contributed by atoms with van der Waals surface area (Å²) in [5.74, 6) is 0.781. The van der Waals surface area contributed by atoms with Crippen LogP contribution in [0, 0.1) is 28.4 Å². The molecule has 35 heavy (non-hydrogen) atoms. The predicted molar refractivity (Wildman–Crippen MR) is 140 cm³/mol. The van der Waals surface area contributed by atoms with Crippen LogP contribution in [0.3, 0.4) is 0 Å². The molecule has 0 fully saturated rings. The smallest absolute Gasteiger partial charge is 0.338 e. The van der Waals surface area contributed by atoms with Crippen LogP contribution in [0.25, 0.3) is 0 Å². The van der Waals surface area contributed by atoms with Gasteiger partial charge in [-0.3, -0.25) is 10.1 Å². The maximum absolute atomic E-state index is 13.4. The minimum absolute atomic E-state index is 0.0516. The molecule has 0 saturated heterocycles. The molecule has 0 amide bonds. The summed E-state index contributed by atoms with van der Waals surface area (Å²) >= 11 is 0. The third kappa shape index (κ3) is 3.98. The average molecular weight is 496 g/mol. The molecule has 2 aliphatic rings. The van der Waals surface area contributed by atoms with Crippen molar-refractivity contribution >= 4 is 25.1 Å². The fraction of sp³-hybridized carbons (Fsp3) is 0.536. The summed E-state index contributed by atoms with van der Waals surface area (Å²) in [6.07, 6.45) is 4.63. The number of non-ortho nitro benzene ring substituents is 1. The highest BCUT2D eigenvalue weighted by atomic mass is 28.3. The van der Waals surface area contributed by atoms with Crippen LogP contribution < -0.4 is 5.38 Å². The lowest BCUT2D eigenvalue weighted by atomic mass is 9.58. The minimum atomic E-state index is -1.97. The third-order valence-electron chi connectivity index (χ3n) is 9.12. The van der Waals surface area contributed by atoms with Gasteiger partial charge in [0, 0.05) is 29.5 Å². The number of nitro groups is 1. The number of furan rings is 1. The fourth-order valence-corrected chi connectivity index (χ4v) is 7.71. The summed E-state index contributed by atoms with van der Waals surface area (Å²) in [5, 5.41) is 12.2. The van der Waals surface area contributed by atoms with Gasteiger partial charge in [-0.05, 0) is 48.4 Å². The van der Waals surface area contributed by atoms with E-state index in [1.165, 1.54) is 29.8 Å². The molecule has 0 aliphatic heterocycles. The second kappa shape index (κ2) is 8.47. The molecule has 1 aromatic heterocycles. The van der Waals surface area contributed by atoms with Crippen LogP contribution in [0.2, 0.25) is 18.1 Å². The Balaban J connectivity index is 1.83. The molecule has 0 bridgehead atoms. The van der Waals surface area contributed by atoms with Gasteiger partial charge in [0.25, 0.3) is 5.69 Å². The Labute approximate surface area is 208 Å². The van der Waals surface area contributed by atoms with Gasteiger partial charge in [0.1, 0.15) is 19.9 Å². The van der Waals surface area contributed by atoms with Gasteiger partial charge in [-0.2, -0.15) is 0 Å². The second-order valence-electron chi connectivity index (χ2n) is 12.0. The Kier molecular flexibility index (Phi) is 6.15. The summed E-state index contributed by atoms with van der Waals surface area (Å²) < 4.78 is 13.0. The summed E-state index contributed by atoms with van der Waals surface area (Å²) in [6, 6.07) is 5.63. The molecule has 1 aromatic carbocycles. The van der Waals surface area contributed by atoms with Gasteiger partial charge in [-0.1, -0.05) is 59.4 Å². The van der Waals surface area contributed by atoms with Gasteiger partial charge < -0.3 is 9.15 Å². The lowest BCUT2D eigenvalue weighted by Gasteiger charge is -2.48. The lowest BCUT2D eigenvalue weighted by molar-refractivity contribution is -0.384. The van der Waals surface area contributed by atoms with Crippen molar-refractivity contribution in [3.05, 3.63) is 68.5 Å². The highest BCUT2D eigenvalue weighted by Gasteiger charge is 2.53. The number of rotatable bonds is 4. The first-order valence-corrected chi connectivity index (χ1v) is 15.5. The zero-order valence-corrected chi connectivity index (χ0v) is 23.2. The van der Waals surface area contributed by atoms with Crippen molar-refractivity contribution in [2.75, 3.05) is 0 Å². The number of carbonyl (C=O) groups excluding carboxylic acids is 1. The average Bonchev–Trinajstić information content (AvgIpc) is 3.11. The molecular formula is C28H37NO5Si. The van der Waals surface area contributed by atoms with Gasteiger partial charge in [0.15, 0.2) is 0 Å². The Morgan fingerprint density at radius 2 is 1.86 bits per heavy atom. The van der Waals surface area contributed by atoms with Crippen LogP contribution in [0.4, 0.5) is 5.69 Å². The molecule has 0 unspecified atom stereocenters. The SMILES string of the molecule is Cc1c([Si](C)(C)C(C)(C)C)oc2c1[C@H](OC(=O)c1ccc([N+](=O)[O-])cc1)[C@]1(C)C(=CCC[C@H]1C)C2. The van der Waals surface area contributed by atoms with E-state index >= 15 is 0 Å². The number of benzene rings is 1. The first-order valence-electron chi connectivity index (χ1n) is 12.5. The molecule has 2 aliphatic carbocycles. The number of nitro benzene ring substituents is 1. The van der Waals surface area contributed by atoms with Crippen molar-refractivity contribution in [1.29, 1.82) is 0 Å². The van der Waals surface area contributed by atoms with Gasteiger partial charge in [-0.25, -0.2) is 4.79 Å². The summed E-state index contributed by atoms with van der Waals surface area (Å²) in [4.78, 5) is 23.9. The van der Waals surface area contributed by atoms with Crippen LogP contribution in [0.5, 0.6) is 0 Å². The van der Waals surface area contributed by atoms with Crippen LogP contribution in [0.15, 0.2) is 40.3 Å². The molecule has 0 radical (unpaired) electrons. The quantitative estimate of drug-likeness (QED) is 0.149. The van der Waals surface area contributed by atoms with Crippen molar-refractivity contribution in [2.24, 2.45) is 11.3 Å². The first-order chi connectivity index (χ1) is 16.2. The van der Waals surface area contributed by atoms with Crippen LogP contribution in [-0.4, -0.2) is 19.0 Å². The van der Waals surface area contributed by atoms with Crippen molar-refractivity contribution < 1.29 is 18.9 Å². The van der Waals surface area contributed by atoms with Gasteiger partial charge >= 0.3 is 5.97 Å². The maximum atomic E-state index is 13.4. The van der Waals surface area contributed by atoms with Crippen molar-refractivity contribution in [3.63, 3.8) is 0 Å². The molecule has 0 saturated carbocycles. The molecule has 2 aromatic rings. The number of ether oxygens (including phenoxy) is 1. The Morgan fingerprint density at radius 3 is 2.43 bits per heavy atom. The Bertz CT molecular complexity index is 1200. The van der Waals surface area contributed by atoms with E-state index in [4.69, 9.17) is 9.15 Å².